The van der Waals surface area contributed by atoms with E-state index in [4.69, 9.17) is 0 Å². The van der Waals surface area contributed by atoms with Crippen molar-refractivity contribution in [2.75, 3.05) is 0 Å². The molecule has 0 radical (unpaired) electrons. The third kappa shape index (κ3) is 1.81. The number of hydrogen-bond donors (Lipinski definition) is 1. The molecule has 1 aliphatic carbocycles. The van der Waals surface area contributed by atoms with Gasteiger partial charge < -0.3 is 5.11 Å². The predicted molar refractivity (Wildman–Crippen MR) is 62.5 cm³/mol. The SMILES string of the molecule is CC1CC(C)(C)CC1(O)c1ccccc1. The van der Waals surface area contributed by atoms with Crippen molar-refractivity contribution in [3.8, 4) is 0 Å². The van der Waals surface area contributed by atoms with Crippen LogP contribution in [0.4, 0.5) is 0 Å². The molecule has 1 aromatic carbocycles. The van der Waals surface area contributed by atoms with Gasteiger partial charge in [-0.1, -0.05) is 51.1 Å². The van der Waals surface area contributed by atoms with Crippen LogP contribution in [0.3, 0.4) is 0 Å². The Hall–Kier alpha value is -0.820. The summed E-state index contributed by atoms with van der Waals surface area (Å²) in [7, 11) is 0. The van der Waals surface area contributed by atoms with E-state index in [1.165, 1.54) is 0 Å². The standard InChI is InChI=1S/C14H20O/c1-11-9-13(2,3)10-14(11,15)12-7-5-4-6-8-12/h4-8,11,15H,9-10H2,1-3H3. The summed E-state index contributed by atoms with van der Waals surface area (Å²) in [5.74, 6) is 0.342. The second-order valence-corrected chi connectivity index (χ2v) is 5.74. The van der Waals surface area contributed by atoms with Crippen molar-refractivity contribution in [3.05, 3.63) is 35.9 Å². The Morgan fingerprint density at radius 2 is 1.80 bits per heavy atom. The van der Waals surface area contributed by atoms with E-state index in [1.54, 1.807) is 0 Å². The van der Waals surface area contributed by atoms with Crippen molar-refractivity contribution < 1.29 is 5.11 Å². The fourth-order valence-electron chi connectivity index (χ4n) is 3.09. The molecule has 2 rings (SSSR count). The van der Waals surface area contributed by atoms with Crippen molar-refractivity contribution in [1.29, 1.82) is 0 Å². The first-order valence-electron chi connectivity index (χ1n) is 5.72. The summed E-state index contributed by atoms with van der Waals surface area (Å²) in [6.07, 6.45) is 1.96. The number of benzene rings is 1. The van der Waals surface area contributed by atoms with Gasteiger partial charge in [0.1, 0.15) is 0 Å². The molecule has 1 saturated carbocycles. The minimum absolute atomic E-state index is 0.254. The van der Waals surface area contributed by atoms with Gasteiger partial charge in [-0.25, -0.2) is 0 Å². The summed E-state index contributed by atoms with van der Waals surface area (Å²) in [4.78, 5) is 0. The lowest BCUT2D eigenvalue weighted by Crippen LogP contribution is -2.28. The lowest BCUT2D eigenvalue weighted by Gasteiger charge is -2.29. The molecule has 1 aliphatic rings. The molecule has 0 aliphatic heterocycles. The van der Waals surface area contributed by atoms with Crippen molar-refractivity contribution in [2.45, 2.75) is 39.2 Å². The van der Waals surface area contributed by atoms with Crippen LogP contribution in [0.1, 0.15) is 39.2 Å². The average molecular weight is 204 g/mol. The van der Waals surface area contributed by atoms with Gasteiger partial charge in [-0.3, -0.25) is 0 Å². The van der Waals surface area contributed by atoms with Gasteiger partial charge in [0.25, 0.3) is 0 Å². The molecule has 0 spiro atoms. The van der Waals surface area contributed by atoms with Gasteiger partial charge in [0.05, 0.1) is 5.60 Å². The Labute approximate surface area is 92.1 Å². The Balaban J connectivity index is 2.36. The normalized spacial score (nSPS) is 34.3. The number of rotatable bonds is 1. The van der Waals surface area contributed by atoms with Gasteiger partial charge in [0.2, 0.25) is 0 Å². The highest BCUT2D eigenvalue weighted by molar-refractivity contribution is 5.25. The zero-order chi connectivity index (χ0) is 11.1. The van der Waals surface area contributed by atoms with Gasteiger partial charge in [0.15, 0.2) is 0 Å². The number of aliphatic hydroxyl groups is 1. The van der Waals surface area contributed by atoms with Gasteiger partial charge >= 0.3 is 0 Å². The molecule has 1 nitrogen and oxygen atoms in total. The van der Waals surface area contributed by atoms with E-state index >= 15 is 0 Å². The van der Waals surface area contributed by atoms with Crippen molar-refractivity contribution >= 4 is 0 Å². The van der Waals surface area contributed by atoms with Gasteiger partial charge in [-0.05, 0) is 29.7 Å². The number of hydrogen-bond acceptors (Lipinski definition) is 1. The highest BCUT2D eigenvalue weighted by atomic mass is 16.3. The van der Waals surface area contributed by atoms with E-state index in [0.717, 1.165) is 18.4 Å². The van der Waals surface area contributed by atoms with Crippen LogP contribution in [0.2, 0.25) is 0 Å². The van der Waals surface area contributed by atoms with Crippen LogP contribution in [0.25, 0.3) is 0 Å². The molecule has 82 valence electrons. The van der Waals surface area contributed by atoms with Crippen molar-refractivity contribution in [3.63, 3.8) is 0 Å². The second-order valence-electron chi connectivity index (χ2n) is 5.74. The summed E-state index contributed by atoms with van der Waals surface area (Å²) < 4.78 is 0. The highest BCUT2D eigenvalue weighted by Gasteiger charge is 2.48. The fraction of sp³-hybridized carbons (Fsp3) is 0.571. The fourth-order valence-corrected chi connectivity index (χ4v) is 3.09. The topological polar surface area (TPSA) is 20.2 Å². The summed E-state index contributed by atoms with van der Waals surface area (Å²) >= 11 is 0. The molecule has 1 fully saturated rings. The summed E-state index contributed by atoms with van der Waals surface area (Å²) in [5, 5.41) is 10.8. The molecule has 0 saturated heterocycles. The lowest BCUT2D eigenvalue weighted by atomic mass is 9.84. The molecule has 0 bridgehead atoms. The maximum Gasteiger partial charge on any atom is 0.0927 e. The van der Waals surface area contributed by atoms with Crippen LogP contribution in [0.5, 0.6) is 0 Å². The molecule has 1 N–H and O–H groups in total. The lowest BCUT2D eigenvalue weighted by molar-refractivity contribution is -0.000839. The van der Waals surface area contributed by atoms with Crippen molar-refractivity contribution in [1.82, 2.24) is 0 Å². The Morgan fingerprint density at radius 1 is 1.20 bits per heavy atom. The van der Waals surface area contributed by atoms with Gasteiger partial charge in [0, 0.05) is 0 Å². The average Bonchev–Trinajstić information content (AvgIpc) is 2.38. The monoisotopic (exact) mass is 204 g/mol. The third-order valence-electron chi connectivity index (χ3n) is 3.70. The smallest absolute Gasteiger partial charge is 0.0927 e. The van der Waals surface area contributed by atoms with Crippen LogP contribution in [0, 0.1) is 11.3 Å². The molecule has 1 heteroatoms. The minimum atomic E-state index is -0.620. The largest absolute Gasteiger partial charge is 0.385 e. The summed E-state index contributed by atoms with van der Waals surface area (Å²) in [6.45, 7) is 6.64. The Kier molecular flexibility index (Phi) is 2.38. The van der Waals surface area contributed by atoms with Crippen LogP contribution in [0.15, 0.2) is 30.3 Å². The van der Waals surface area contributed by atoms with E-state index in [0.29, 0.717) is 5.92 Å². The first kappa shape index (κ1) is 10.7. The van der Waals surface area contributed by atoms with E-state index in [1.807, 2.05) is 30.3 Å². The van der Waals surface area contributed by atoms with E-state index in [9.17, 15) is 5.11 Å². The molecular weight excluding hydrogens is 184 g/mol. The molecular formula is C14H20O. The first-order valence-corrected chi connectivity index (χ1v) is 5.72. The van der Waals surface area contributed by atoms with E-state index in [-0.39, 0.29) is 5.41 Å². The molecule has 15 heavy (non-hydrogen) atoms. The molecule has 2 atom stereocenters. The Bertz CT molecular complexity index is 342. The van der Waals surface area contributed by atoms with Gasteiger partial charge in [-0.2, -0.15) is 0 Å². The Morgan fingerprint density at radius 3 is 2.27 bits per heavy atom. The van der Waals surface area contributed by atoms with Crippen LogP contribution in [-0.4, -0.2) is 5.11 Å². The quantitative estimate of drug-likeness (QED) is 0.744. The maximum atomic E-state index is 10.8. The second kappa shape index (κ2) is 3.34. The minimum Gasteiger partial charge on any atom is -0.385 e. The van der Waals surface area contributed by atoms with E-state index < -0.39 is 5.60 Å². The molecule has 1 aromatic rings. The first-order chi connectivity index (χ1) is 6.94. The third-order valence-corrected chi connectivity index (χ3v) is 3.70. The molecule has 2 unspecified atom stereocenters. The molecule has 0 aromatic heterocycles. The van der Waals surface area contributed by atoms with Gasteiger partial charge in [-0.15, -0.1) is 0 Å². The maximum absolute atomic E-state index is 10.8. The summed E-state index contributed by atoms with van der Waals surface area (Å²) in [6, 6.07) is 10.1. The zero-order valence-corrected chi connectivity index (χ0v) is 9.83. The van der Waals surface area contributed by atoms with E-state index in [2.05, 4.69) is 20.8 Å². The van der Waals surface area contributed by atoms with Crippen LogP contribution in [-0.2, 0) is 5.60 Å². The highest BCUT2D eigenvalue weighted by Crippen LogP contribution is 2.52. The van der Waals surface area contributed by atoms with Crippen LogP contribution >= 0.6 is 0 Å². The molecule has 0 amide bonds. The summed E-state index contributed by atoms with van der Waals surface area (Å²) in [5.41, 5.74) is 0.706. The van der Waals surface area contributed by atoms with Crippen molar-refractivity contribution in [2.24, 2.45) is 11.3 Å². The predicted octanol–water partition coefficient (Wildman–Crippen LogP) is 3.33. The van der Waals surface area contributed by atoms with Crippen LogP contribution < -0.4 is 0 Å². The molecule has 0 heterocycles. The zero-order valence-electron chi connectivity index (χ0n) is 9.83.